The van der Waals surface area contributed by atoms with Gasteiger partial charge in [0.1, 0.15) is 5.56 Å². The molecule has 2 aliphatic rings. The van der Waals surface area contributed by atoms with Gasteiger partial charge in [-0.15, -0.1) is 0 Å². The Hall–Kier alpha value is -1.66. The fraction of sp³-hybridized carbons (Fsp3) is 0.700. The number of aromatic nitrogens is 1. The second-order valence-electron chi connectivity index (χ2n) is 8.02. The van der Waals surface area contributed by atoms with E-state index in [2.05, 4.69) is 9.88 Å². The molecule has 3 rings (SSSR count). The van der Waals surface area contributed by atoms with Crippen molar-refractivity contribution in [2.24, 2.45) is 5.92 Å². The van der Waals surface area contributed by atoms with E-state index in [-0.39, 0.29) is 29.6 Å². The molecule has 0 bridgehead atoms. The van der Waals surface area contributed by atoms with Crippen molar-refractivity contribution >= 4 is 5.91 Å². The van der Waals surface area contributed by atoms with E-state index in [9.17, 15) is 14.7 Å². The first kappa shape index (κ1) is 19.1. The van der Waals surface area contributed by atoms with E-state index in [0.717, 1.165) is 44.5 Å². The number of likely N-dealkylation sites (tertiary alicyclic amines) is 2. The Morgan fingerprint density at radius 2 is 1.96 bits per heavy atom. The highest BCUT2D eigenvalue weighted by Crippen LogP contribution is 2.23. The summed E-state index contributed by atoms with van der Waals surface area (Å²) in [5.74, 6) is 0.496. The van der Waals surface area contributed by atoms with Crippen LogP contribution in [0.15, 0.2) is 16.9 Å². The lowest BCUT2D eigenvalue weighted by Crippen LogP contribution is -2.52. The first-order chi connectivity index (χ1) is 12.5. The average molecular weight is 361 g/mol. The number of nitrogens with one attached hydrogen (secondary N) is 1. The molecule has 2 fully saturated rings. The number of pyridine rings is 1. The van der Waals surface area contributed by atoms with Crippen molar-refractivity contribution in [3.05, 3.63) is 33.7 Å². The minimum atomic E-state index is -0.285. The third-order valence-electron chi connectivity index (χ3n) is 5.89. The number of H-pyrrole nitrogens is 1. The quantitative estimate of drug-likeness (QED) is 0.857. The Bertz CT molecular complexity index is 677. The maximum absolute atomic E-state index is 12.9. The molecule has 0 spiro atoms. The smallest absolute Gasteiger partial charge is 0.261 e. The minimum absolute atomic E-state index is 0.156. The summed E-state index contributed by atoms with van der Waals surface area (Å²) in [5, 5.41) is 9.30. The molecule has 1 atom stereocenters. The summed E-state index contributed by atoms with van der Waals surface area (Å²) in [6.45, 7) is 7.69. The summed E-state index contributed by atoms with van der Waals surface area (Å²) in [6.07, 6.45) is 4.11. The van der Waals surface area contributed by atoms with Crippen LogP contribution in [-0.4, -0.2) is 64.6 Å². The van der Waals surface area contributed by atoms with E-state index in [1.54, 1.807) is 6.07 Å². The molecule has 0 aromatic carbocycles. The summed E-state index contributed by atoms with van der Waals surface area (Å²) >= 11 is 0. The van der Waals surface area contributed by atoms with E-state index in [1.165, 1.54) is 0 Å². The lowest BCUT2D eigenvalue weighted by Gasteiger charge is -2.42. The van der Waals surface area contributed by atoms with Crippen LogP contribution in [0.3, 0.4) is 0 Å². The minimum Gasteiger partial charge on any atom is -0.396 e. The second-order valence-corrected chi connectivity index (χ2v) is 8.02. The first-order valence-corrected chi connectivity index (χ1v) is 9.87. The molecular weight excluding hydrogens is 330 g/mol. The molecular formula is C20H31N3O3. The van der Waals surface area contributed by atoms with Crippen LogP contribution in [0.2, 0.25) is 0 Å². The predicted octanol–water partition coefficient (Wildman–Crippen LogP) is 1.81. The number of carbonyl (C=O) groups is 1. The summed E-state index contributed by atoms with van der Waals surface area (Å²) in [4.78, 5) is 32.4. The van der Waals surface area contributed by atoms with Crippen LogP contribution in [0.1, 0.15) is 61.5 Å². The van der Waals surface area contributed by atoms with Gasteiger partial charge in [0.2, 0.25) is 0 Å². The molecule has 144 valence electrons. The zero-order valence-corrected chi connectivity index (χ0v) is 15.9. The standard InChI is InChI=1S/C20H31N3O3/c1-14(2)18-6-5-17(19(25)21-18)20(26)23-9-3-4-16(12-23)22-10-7-15(13-24)8-11-22/h5-6,14-16,24H,3-4,7-13H2,1-2H3,(H,21,25). The molecule has 0 saturated carbocycles. The van der Waals surface area contributed by atoms with E-state index in [1.807, 2.05) is 24.8 Å². The molecule has 2 aliphatic heterocycles. The highest BCUT2D eigenvalue weighted by Gasteiger charge is 2.31. The molecule has 0 radical (unpaired) electrons. The van der Waals surface area contributed by atoms with Gasteiger partial charge in [0.25, 0.3) is 11.5 Å². The Labute approximate surface area is 155 Å². The molecule has 6 heteroatoms. The van der Waals surface area contributed by atoms with Crippen molar-refractivity contribution in [1.82, 2.24) is 14.8 Å². The van der Waals surface area contributed by atoms with Crippen LogP contribution >= 0.6 is 0 Å². The van der Waals surface area contributed by atoms with E-state index in [0.29, 0.717) is 25.0 Å². The van der Waals surface area contributed by atoms with Gasteiger partial charge < -0.3 is 15.0 Å². The van der Waals surface area contributed by atoms with Crippen LogP contribution in [-0.2, 0) is 0 Å². The highest BCUT2D eigenvalue weighted by atomic mass is 16.3. The summed E-state index contributed by atoms with van der Waals surface area (Å²) in [7, 11) is 0. The monoisotopic (exact) mass is 361 g/mol. The van der Waals surface area contributed by atoms with Crippen molar-refractivity contribution in [1.29, 1.82) is 0 Å². The van der Waals surface area contributed by atoms with Crippen molar-refractivity contribution < 1.29 is 9.90 Å². The number of nitrogens with zero attached hydrogens (tertiary/aromatic N) is 2. The third kappa shape index (κ3) is 4.18. The van der Waals surface area contributed by atoms with Crippen molar-refractivity contribution in [3.63, 3.8) is 0 Å². The molecule has 6 nitrogen and oxygen atoms in total. The van der Waals surface area contributed by atoms with Crippen molar-refractivity contribution in [2.45, 2.75) is 51.5 Å². The first-order valence-electron chi connectivity index (χ1n) is 9.87. The molecule has 1 amide bonds. The molecule has 2 N–H and O–H groups in total. The number of aliphatic hydroxyl groups is 1. The molecule has 1 aromatic heterocycles. The SMILES string of the molecule is CC(C)c1ccc(C(=O)N2CCCC(N3CCC(CO)CC3)C2)c(=O)[nH]1. The normalized spacial score (nSPS) is 22.8. The van der Waals surface area contributed by atoms with Crippen LogP contribution in [0.4, 0.5) is 0 Å². The summed E-state index contributed by atoms with van der Waals surface area (Å²) < 4.78 is 0. The molecule has 2 saturated heterocycles. The van der Waals surface area contributed by atoms with Gasteiger partial charge in [0, 0.05) is 31.4 Å². The van der Waals surface area contributed by atoms with Gasteiger partial charge in [0.05, 0.1) is 0 Å². The fourth-order valence-corrected chi connectivity index (χ4v) is 4.10. The van der Waals surface area contributed by atoms with Gasteiger partial charge in [-0.1, -0.05) is 13.8 Å². The average Bonchev–Trinajstić information content (AvgIpc) is 2.67. The number of piperidine rings is 2. The Morgan fingerprint density at radius 1 is 1.23 bits per heavy atom. The second kappa shape index (κ2) is 8.35. The number of amides is 1. The maximum Gasteiger partial charge on any atom is 0.261 e. The number of hydrogen-bond donors (Lipinski definition) is 2. The highest BCUT2D eigenvalue weighted by molar-refractivity contribution is 5.93. The van der Waals surface area contributed by atoms with Crippen molar-refractivity contribution in [2.75, 3.05) is 32.8 Å². The summed E-state index contributed by atoms with van der Waals surface area (Å²) in [6, 6.07) is 3.88. The molecule has 26 heavy (non-hydrogen) atoms. The Morgan fingerprint density at radius 3 is 2.58 bits per heavy atom. The lowest BCUT2D eigenvalue weighted by molar-refractivity contribution is 0.0444. The summed E-state index contributed by atoms with van der Waals surface area (Å²) in [5.41, 5.74) is 0.816. The molecule has 3 heterocycles. The van der Waals surface area contributed by atoms with Gasteiger partial charge >= 0.3 is 0 Å². The van der Waals surface area contributed by atoms with Gasteiger partial charge in [-0.2, -0.15) is 0 Å². The Balaban J connectivity index is 1.66. The van der Waals surface area contributed by atoms with Crippen LogP contribution in [0, 0.1) is 5.92 Å². The van der Waals surface area contributed by atoms with Gasteiger partial charge in [-0.3, -0.25) is 14.5 Å². The predicted molar refractivity (Wildman–Crippen MR) is 101 cm³/mol. The molecule has 1 aromatic rings. The fourth-order valence-electron chi connectivity index (χ4n) is 4.10. The third-order valence-corrected chi connectivity index (χ3v) is 5.89. The van der Waals surface area contributed by atoms with Gasteiger partial charge in [-0.25, -0.2) is 0 Å². The molecule has 1 unspecified atom stereocenters. The van der Waals surface area contributed by atoms with Gasteiger partial charge in [-0.05, 0) is 62.7 Å². The van der Waals surface area contributed by atoms with Gasteiger partial charge in [0.15, 0.2) is 0 Å². The number of aliphatic hydroxyl groups excluding tert-OH is 1. The number of rotatable bonds is 4. The topological polar surface area (TPSA) is 76.6 Å². The number of carbonyl (C=O) groups excluding carboxylic acids is 1. The van der Waals surface area contributed by atoms with Crippen molar-refractivity contribution in [3.8, 4) is 0 Å². The van der Waals surface area contributed by atoms with E-state index < -0.39 is 0 Å². The Kier molecular flexibility index (Phi) is 6.14. The van der Waals surface area contributed by atoms with E-state index >= 15 is 0 Å². The van der Waals surface area contributed by atoms with Crippen LogP contribution in [0.5, 0.6) is 0 Å². The van der Waals surface area contributed by atoms with E-state index in [4.69, 9.17) is 0 Å². The maximum atomic E-state index is 12.9. The number of aromatic amines is 1. The number of hydrogen-bond acceptors (Lipinski definition) is 4. The lowest BCUT2D eigenvalue weighted by atomic mass is 9.94. The van der Waals surface area contributed by atoms with Crippen LogP contribution in [0.25, 0.3) is 0 Å². The largest absolute Gasteiger partial charge is 0.396 e. The zero-order valence-electron chi connectivity index (χ0n) is 15.9. The zero-order chi connectivity index (χ0) is 18.7. The molecule has 0 aliphatic carbocycles. The van der Waals surface area contributed by atoms with Crippen LogP contribution < -0.4 is 5.56 Å².